The zero-order valence-corrected chi connectivity index (χ0v) is 58.3. The Morgan fingerprint density at radius 1 is 0.222 bits per heavy atom. The molecule has 0 spiro atoms. The highest BCUT2D eigenvalue weighted by Crippen LogP contribution is 2.55. The van der Waals surface area contributed by atoms with Crippen LogP contribution in [0.4, 0.5) is 34.1 Å². The Bertz CT molecular complexity index is 5290. The fourth-order valence-electron chi connectivity index (χ4n) is 16.9. The Labute approximate surface area is 584 Å². The quantitative estimate of drug-likeness (QED) is 0.113. The van der Waals surface area contributed by atoms with Gasteiger partial charge in [0, 0.05) is 50.4 Å². The lowest BCUT2D eigenvalue weighted by Crippen LogP contribution is -2.17. The van der Waals surface area contributed by atoms with Crippen molar-refractivity contribution < 1.29 is 0 Å². The van der Waals surface area contributed by atoms with Gasteiger partial charge in [-0.3, -0.25) is 0 Å². The van der Waals surface area contributed by atoms with E-state index in [0.717, 1.165) is 34.1 Å². The number of aryl methyl sites for hydroxylation is 4. The lowest BCUT2D eigenvalue weighted by molar-refractivity contribution is 0.660. The van der Waals surface area contributed by atoms with Gasteiger partial charge in [-0.25, -0.2) is 0 Å². The molecule has 17 rings (SSSR count). The summed E-state index contributed by atoms with van der Waals surface area (Å²) in [6.45, 7) is 23.2. The third kappa shape index (κ3) is 10.6. The average molecular weight is 1270 g/mol. The zero-order chi connectivity index (χ0) is 67.6. The van der Waals surface area contributed by atoms with E-state index in [9.17, 15) is 0 Å². The standard InChI is InChI=1S/C97H80N2/c1-61-49-62(2)52-77(51-61)98(73-37-33-71(34-38-73)81-23-15-19-69-17-11-13-21-79(69)81)75-41-47-87-85-45-31-67(57-91(85)96(7,8)93(87)59-75)27-25-65-29-43-83-84-44-30-66(56-90(84)95(5,6)89(83)55-65)26-28-68-32-46-86-88-48-42-76(60-94(88)97(9,10)92(86)58-68)99(78-53-63(3)50-64(4)54-78)74-39-35-72(36-40-74)82-24-16-20-70-18-12-14-22-80(70)82/h11-60H,1-10H3/b27-25+,28-26+. The van der Waals surface area contributed by atoms with Gasteiger partial charge < -0.3 is 9.80 Å². The van der Waals surface area contributed by atoms with Gasteiger partial charge in [0.15, 0.2) is 0 Å². The van der Waals surface area contributed by atoms with E-state index in [1.807, 2.05) is 0 Å². The fourth-order valence-corrected chi connectivity index (χ4v) is 16.9. The molecule has 99 heavy (non-hydrogen) atoms. The second kappa shape index (κ2) is 23.5. The van der Waals surface area contributed by atoms with Gasteiger partial charge in [-0.1, -0.05) is 272 Å². The van der Waals surface area contributed by atoms with Crippen molar-refractivity contribution in [2.24, 2.45) is 0 Å². The summed E-state index contributed by atoms with van der Waals surface area (Å²) in [6.07, 6.45) is 9.22. The Morgan fingerprint density at radius 2 is 0.495 bits per heavy atom. The van der Waals surface area contributed by atoms with Crippen LogP contribution in [0, 0.1) is 27.7 Å². The molecular weight excluding hydrogens is 1190 g/mol. The molecule has 0 aromatic heterocycles. The monoisotopic (exact) mass is 1270 g/mol. The third-order valence-corrected chi connectivity index (χ3v) is 21.9. The maximum atomic E-state index is 2.45. The normalized spacial score (nSPS) is 14.1. The molecule has 0 aliphatic heterocycles. The number of rotatable bonds is 12. The smallest absolute Gasteiger partial charge is 0.0466 e. The van der Waals surface area contributed by atoms with Gasteiger partial charge in [-0.05, 0) is 256 Å². The largest absolute Gasteiger partial charge is 0.310 e. The van der Waals surface area contributed by atoms with Gasteiger partial charge >= 0.3 is 0 Å². The molecule has 0 amide bonds. The molecule has 2 nitrogen and oxygen atoms in total. The molecule has 0 saturated heterocycles. The molecule has 0 saturated carbocycles. The molecule has 0 bridgehead atoms. The zero-order valence-electron chi connectivity index (χ0n) is 58.3. The third-order valence-electron chi connectivity index (χ3n) is 21.9. The first-order valence-electron chi connectivity index (χ1n) is 35.1. The van der Waals surface area contributed by atoms with Crippen LogP contribution < -0.4 is 9.80 Å². The highest BCUT2D eigenvalue weighted by atomic mass is 15.1. The van der Waals surface area contributed by atoms with Crippen LogP contribution in [-0.2, 0) is 16.2 Å². The Morgan fingerprint density at radius 3 is 0.818 bits per heavy atom. The van der Waals surface area contributed by atoms with E-state index in [0.29, 0.717) is 0 Å². The fraction of sp³-hybridized carbons (Fsp3) is 0.134. The summed E-state index contributed by atoms with van der Waals surface area (Å²) in [4.78, 5) is 4.87. The van der Waals surface area contributed by atoms with Crippen molar-refractivity contribution in [3.05, 3.63) is 357 Å². The van der Waals surface area contributed by atoms with Crippen LogP contribution >= 0.6 is 0 Å². The number of fused-ring (bicyclic) bond motifs is 11. The summed E-state index contributed by atoms with van der Waals surface area (Å²) in [5.74, 6) is 0. The molecule has 0 unspecified atom stereocenters. The lowest BCUT2D eigenvalue weighted by Gasteiger charge is -2.29. The second-order valence-electron chi connectivity index (χ2n) is 29.7. The predicted molar refractivity (Wildman–Crippen MR) is 424 cm³/mol. The van der Waals surface area contributed by atoms with Crippen LogP contribution in [0.25, 0.3) is 101 Å². The number of hydrogen-bond donors (Lipinski definition) is 0. The maximum Gasteiger partial charge on any atom is 0.0466 e. The van der Waals surface area contributed by atoms with Crippen molar-refractivity contribution in [2.75, 3.05) is 9.80 Å². The van der Waals surface area contributed by atoms with E-state index in [4.69, 9.17) is 0 Å². The highest BCUT2D eigenvalue weighted by molar-refractivity contribution is 5.99. The molecule has 0 fully saturated rings. The maximum absolute atomic E-state index is 2.45. The minimum absolute atomic E-state index is 0.174. The molecular formula is C97H80N2. The van der Waals surface area contributed by atoms with Crippen LogP contribution in [0.15, 0.2) is 279 Å². The average Bonchev–Trinajstić information content (AvgIpc) is 1.59. The van der Waals surface area contributed by atoms with Crippen LogP contribution in [-0.4, -0.2) is 0 Å². The van der Waals surface area contributed by atoms with Gasteiger partial charge in [-0.15, -0.1) is 0 Å². The minimum atomic E-state index is -0.217. The first-order valence-corrected chi connectivity index (χ1v) is 35.1. The first kappa shape index (κ1) is 61.3. The molecule has 0 radical (unpaired) electrons. The van der Waals surface area contributed by atoms with Crippen molar-refractivity contribution in [1.82, 2.24) is 0 Å². The summed E-state index contributed by atoms with van der Waals surface area (Å²) in [5, 5.41) is 5.04. The Kier molecular flexibility index (Phi) is 14.5. The van der Waals surface area contributed by atoms with E-state index in [1.54, 1.807) is 0 Å². The molecule has 3 aliphatic carbocycles. The van der Waals surface area contributed by atoms with E-state index >= 15 is 0 Å². The van der Waals surface area contributed by atoms with Crippen molar-refractivity contribution in [1.29, 1.82) is 0 Å². The van der Waals surface area contributed by atoms with Crippen molar-refractivity contribution in [3.63, 3.8) is 0 Å². The molecule has 0 heterocycles. The summed E-state index contributed by atoms with van der Waals surface area (Å²) in [6, 6.07) is 105. The Hall–Kier alpha value is -11.3. The number of benzene rings is 14. The predicted octanol–water partition coefficient (Wildman–Crippen LogP) is 26.8. The summed E-state index contributed by atoms with van der Waals surface area (Å²) in [5.41, 5.74) is 37.0. The van der Waals surface area contributed by atoms with Gasteiger partial charge in [0.25, 0.3) is 0 Å². The Balaban J connectivity index is 0.605. The van der Waals surface area contributed by atoms with E-state index in [-0.39, 0.29) is 16.2 Å². The second-order valence-corrected chi connectivity index (χ2v) is 29.7. The van der Waals surface area contributed by atoms with E-state index < -0.39 is 0 Å². The van der Waals surface area contributed by atoms with Crippen molar-refractivity contribution >= 4 is 80.0 Å². The number of anilines is 6. The molecule has 2 heteroatoms. The molecule has 3 aliphatic rings. The topological polar surface area (TPSA) is 6.48 Å². The SMILES string of the molecule is Cc1cc(C)cc(N(c2ccc(-c3cccc4ccccc34)cc2)c2ccc3c(c2)C(C)(C)c2cc(/C=C/c4ccc5c(c4)C(C)(C)c4cc(/C=C/c6ccc7c(c6)C(C)(C)c6cc(N(c8ccc(-c9cccc%10ccccc9%10)cc8)c8cc(C)cc(C)c8)ccc6-7)ccc4-5)ccc2-3)c1. The summed E-state index contributed by atoms with van der Waals surface area (Å²) < 4.78 is 0. The highest BCUT2D eigenvalue weighted by Gasteiger charge is 2.39. The summed E-state index contributed by atoms with van der Waals surface area (Å²) >= 11 is 0. The lowest BCUT2D eigenvalue weighted by atomic mass is 9.81. The van der Waals surface area contributed by atoms with Gasteiger partial charge in [-0.2, -0.15) is 0 Å². The van der Waals surface area contributed by atoms with Crippen LogP contribution in [0.2, 0.25) is 0 Å². The minimum Gasteiger partial charge on any atom is -0.310 e. The van der Waals surface area contributed by atoms with Gasteiger partial charge in [0.05, 0.1) is 0 Å². The van der Waals surface area contributed by atoms with Crippen LogP contribution in [0.5, 0.6) is 0 Å². The van der Waals surface area contributed by atoms with Gasteiger partial charge in [0.1, 0.15) is 0 Å². The van der Waals surface area contributed by atoms with Gasteiger partial charge in [0.2, 0.25) is 0 Å². The summed E-state index contributed by atoms with van der Waals surface area (Å²) in [7, 11) is 0. The molecule has 0 atom stereocenters. The first-order chi connectivity index (χ1) is 47.9. The van der Waals surface area contributed by atoms with Crippen LogP contribution in [0.3, 0.4) is 0 Å². The number of nitrogens with zero attached hydrogens (tertiary/aromatic N) is 2. The number of hydrogen-bond acceptors (Lipinski definition) is 2. The van der Waals surface area contributed by atoms with E-state index in [2.05, 4.69) is 382 Å². The van der Waals surface area contributed by atoms with E-state index in [1.165, 1.54) is 155 Å². The van der Waals surface area contributed by atoms with Crippen molar-refractivity contribution in [2.45, 2.75) is 85.5 Å². The molecule has 478 valence electrons. The van der Waals surface area contributed by atoms with Crippen LogP contribution in [0.1, 0.15) is 119 Å². The van der Waals surface area contributed by atoms with Crippen molar-refractivity contribution in [3.8, 4) is 55.6 Å². The molecule has 14 aromatic carbocycles. The molecule has 14 aromatic rings. The molecule has 0 N–H and O–H groups in total.